The average molecular weight is 384 g/mol. The first-order valence-corrected chi connectivity index (χ1v) is 10.1. The van der Waals surface area contributed by atoms with Crippen LogP contribution < -0.4 is 0 Å². The quantitative estimate of drug-likeness (QED) is 0.683. The second-order valence-corrected chi connectivity index (χ2v) is 8.72. The van der Waals surface area contributed by atoms with Gasteiger partial charge in [0.25, 0.3) is 0 Å². The lowest BCUT2D eigenvalue weighted by Gasteiger charge is -2.51. The number of piperidine rings is 2. The molecule has 0 aromatic carbocycles. The maximum Gasteiger partial charge on any atom is 0.309 e. The van der Waals surface area contributed by atoms with Gasteiger partial charge in [0, 0.05) is 18.5 Å². The van der Waals surface area contributed by atoms with Crippen LogP contribution in [0.3, 0.4) is 0 Å². The van der Waals surface area contributed by atoms with Gasteiger partial charge in [-0.1, -0.05) is 42.3 Å². The minimum atomic E-state index is 0.0170. The molecular formula is C19H30BrNO2. The van der Waals surface area contributed by atoms with Crippen molar-refractivity contribution >= 4 is 21.9 Å². The Kier molecular flexibility index (Phi) is 5.52. The third kappa shape index (κ3) is 3.39. The van der Waals surface area contributed by atoms with Crippen molar-refractivity contribution in [1.82, 2.24) is 4.90 Å². The van der Waals surface area contributed by atoms with Gasteiger partial charge in [-0.05, 0) is 55.0 Å². The summed E-state index contributed by atoms with van der Waals surface area (Å²) in [6.07, 6.45) is 7.55. The molecule has 2 saturated heterocycles. The summed E-state index contributed by atoms with van der Waals surface area (Å²) in [6.45, 7) is 9.19. The molecule has 4 heteroatoms. The van der Waals surface area contributed by atoms with E-state index in [1.165, 1.54) is 30.3 Å². The molecule has 3 aliphatic rings. The number of hydrogen-bond acceptors (Lipinski definition) is 3. The molecule has 0 saturated carbocycles. The summed E-state index contributed by atoms with van der Waals surface area (Å²) in [5, 5.41) is 0. The van der Waals surface area contributed by atoms with Gasteiger partial charge in [-0.2, -0.15) is 0 Å². The molecule has 0 unspecified atom stereocenters. The largest absolute Gasteiger partial charge is 0.466 e. The van der Waals surface area contributed by atoms with Crippen LogP contribution in [0.4, 0.5) is 0 Å². The van der Waals surface area contributed by atoms with Crippen molar-refractivity contribution in [2.75, 3.05) is 19.7 Å². The highest BCUT2D eigenvalue weighted by Crippen LogP contribution is 2.49. The van der Waals surface area contributed by atoms with Crippen LogP contribution in [0, 0.1) is 29.6 Å². The molecule has 0 radical (unpaired) electrons. The van der Waals surface area contributed by atoms with Gasteiger partial charge in [0.1, 0.15) is 0 Å². The van der Waals surface area contributed by atoms with Crippen LogP contribution in [0.5, 0.6) is 0 Å². The van der Waals surface area contributed by atoms with Gasteiger partial charge >= 0.3 is 5.97 Å². The van der Waals surface area contributed by atoms with Crippen molar-refractivity contribution in [2.24, 2.45) is 29.6 Å². The van der Waals surface area contributed by atoms with E-state index < -0.39 is 0 Å². The summed E-state index contributed by atoms with van der Waals surface area (Å²) in [7, 11) is 0. The van der Waals surface area contributed by atoms with Gasteiger partial charge < -0.3 is 4.74 Å². The van der Waals surface area contributed by atoms with Crippen LogP contribution in [-0.4, -0.2) is 36.6 Å². The zero-order valence-electron chi connectivity index (χ0n) is 14.6. The molecule has 0 aromatic rings. The first kappa shape index (κ1) is 17.5. The number of carbonyl (C=O) groups is 1. The Morgan fingerprint density at radius 2 is 2.22 bits per heavy atom. The highest BCUT2D eigenvalue weighted by Gasteiger charge is 2.49. The second-order valence-electron chi connectivity index (χ2n) is 7.81. The van der Waals surface area contributed by atoms with E-state index in [0.29, 0.717) is 30.4 Å². The average Bonchev–Trinajstić information content (AvgIpc) is 2.51. The molecule has 0 N–H and O–H groups in total. The van der Waals surface area contributed by atoms with Gasteiger partial charge in [-0.25, -0.2) is 0 Å². The zero-order chi connectivity index (χ0) is 16.6. The van der Waals surface area contributed by atoms with Crippen LogP contribution in [-0.2, 0) is 9.53 Å². The highest BCUT2D eigenvalue weighted by atomic mass is 79.9. The lowest BCUT2D eigenvalue weighted by atomic mass is 9.63. The molecular weight excluding hydrogens is 354 g/mol. The molecule has 0 aromatic heterocycles. The van der Waals surface area contributed by atoms with E-state index in [4.69, 9.17) is 4.74 Å². The Balaban J connectivity index is 1.90. The molecule has 3 rings (SSSR count). The fourth-order valence-corrected chi connectivity index (χ4v) is 6.25. The van der Waals surface area contributed by atoms with Crippen molar-refractivity contribution < 1.29 is 9.53 Å². The maximum absolute atomic E-state index is 12.8. The predicted octanol–water partition coefficient (Wildman–Crippen LogP) is 4.22. The minimum Gasteiger partial charge on any atom is -0.466 e. The number of ether oxygens (including phenoxy) is 1. The lowest BCUT2D eigenvalue weighted by Crippen LogP contribution is -2.54. The van der Waals surface area contributed by atoms with E-state index in [0.717, 1.165) is 13.0 Å². The SMILES string of the molecule is CCOC(=O)[C@H]1[C@@H]2C[C@H]3CCCCN3C[C@@H]2C=C(Br)[C@@H]1C(C)C. The van der Waals surface area contributed by atoms with Crippen molar-refractivity contribution in [3.8, 4) is 0 Å². The van der Waals surface area contributed by atoms with Crippen molar-refractivity contribution in [2.45, 2.75) is 52.5 Å². The Labute approximate surface area is 149 Å². The van der Waals surface area contributed by atoms with Crippen LogP contribution in [0.15, 0.2) is 10.6 Å². The molecule has 23 heavy (non-hydrogen) atoms. The lowest BCUT2D eigenvalue weighted by molar-refractivity contribution is -0.155. The first-order valence-electron chi connectivity index (χ1n) is 9.30. The second kappa shape index (κ2) is 7.26. The predicted molar refractivity (Wildman–Crippen MR) is 96.3 cm³/mol. The summed E-state index contributed by atoms with van der Waals surface area (Å²) in [6, 6.07) is 0.681. The highest BCUT2D eigenvalue weighted by molar-refractivity contribution is 9.11. The van der Waals surface area contributed by atoms with Crippen LogP contribution in [0.1, 0.15) is 46.5 Å². The third-order valence-corrected chi connectivity index (χ3v) is 6.90. The van der Waals surface area contributed by atoms with E-state index >= 15 is 0 Å². The molecule has 0 bridgehead atoms. The third-order valence-electron chi connectivity index (χ3n) is 6.11. The van der Waals surface area contributed by atoms with Gasteiger partial charge in [0.05, 0.1) is 12.5 Å². The van der Waals surface area contributed by atoms with Gasteiger partial charge in [0.2, 0.25) is 0 Å². The summed E-state index contributed by atoms with van der Waals surface area (Å²) < 4.78 is 6.72. The number of hydrogen-bond donors (Lipinski definition) is 0. The van der Waals surface area contributed by atoms with Crippen LogP contribution >= 0.6 is 15.9 Å². The van der Waals surface area contributed by atoms with E-state index in [2.05, 4.69) is 40.8 Å². The number of halogens is 1. The van der Waals surface area contributed by atoms with Crippen molar-refractivity contribution in [1.29, 1.82) is 0 Å². The molecule has 130 valence electrons. The zero-order valence-corrected chi connectivity index (χ0v) is 16.2. The monoisotopic (exact) mass is 383 g/mol. The van der Waals surface area contributed by atoms with Gasteiger partial charge in [0.15, 0.2) is 0 Å². The molecule has 2 aliphatic heterocycles. The molecule has 0 spiro atoms. The summed E-state index contributed by atoms with van der Waals surface area (Å²) in [5.74, 6) is 1.69. The van der Waals surface area contributed by atoms with Crippen LogP contribution in [0.2, 0.25) is 0 Å². The van der Waals surface area contributed by atoms with Crippen molar-refractivity contribution in [3.63, 3.8) is 0 Å². The van der Waals surface area contributed by atoms with Gasteiger partial charge in [-0.3, -0.25) is 9.69 Å². The number of rotatable bonds is 3. The summed E-state index contributed by atoms with van der Waals surface area (Å²) in [5.41, 5.74) is 0. The molecule has 2 heterocycles. The molecule has 3 nitrogen and oxygen atoms in total. The Morgan fingerprint density at radius 1 is 1.43 bits per heavy atom. The molecule has 1 aliphatic carbocycles. The first-order chi connectivity index (χ1) is 11.0. The molecule has 5 atom stereocenters. The Bertz CT molecular complexity index is 476. The number of fused-ring (bicyclic) bond motifs is 2. The maximum atomic E-state index is 12.8. The fourth-order valence-electron chi connectivity index (χ4n) is 5.10. The normalized spacial score (nSPS) is 37.8. The standard InChI is InChI=1S/C19H30BrNO2/c1-4-23-19(22)18-15-10-14-7-5-6-8-21(14)11-13(15)9-16(20)17(18)12(2)3/h9,12-15,17-18H,4-8,10-11H2,1-3H3/t13-,14+,15+,17-,18-/m0/s1. The van der Waals surface area contributed by atoms with E-state index in [9.17, 15) is 4.79 Å². The number of esters is 1. The Hall–Kier alpha value is -0.350. The summed E-state index contributed by atoms with van der Waals surface area (Å²) in [4.78, 5) is 15.5. The fraction of sp³-hybridized carbons (Fsp3) is 0.842. The minimum absolute atomic E-state index is 0.0170. The number of allylic oxidation sites excluding steroid dienone is 1. The van der Waals surface area contributed by atoms with E-state index in [1.54, 1.807) is 0 Å². The number of carbonyl (C=O) groups excluding carboxylic acids is 1. The molecule has 0 amide bonds. The molecule has 2 fully saturated rings. The van der Waals surface area contributed by atoms with Gasteiger partial charge in [-0.15, -0.1) is 0 Å². The topological polar surface area (TPSA) is 29.5 Å². The van der Waals surface area contributed by atoms with Crippen LogP contribution in [0.25, 0.3) is 0 Å². The van der Waals surface area contributed by atoms with E-state index in [1.807, 2.05) is 6.92 Å². The van der Waals surface area contributed by atoms with Crippen molar-refractivity contribution in [3.05, 3.63) is 10.6 Å². The van der Waals surface area contributed by atoms with E-state index in [-0.39, 0.29) is 17.8 Å². The number of nitrogens with zero attached hydrogens (tertiary/aromatic N) is 1. The smallest absolute Gasteiger partial charge is 0.309 e. The summed E-state index contributed by atoms with van der Waals surface area (Å²) >= 11 is 3.80. The Morgan fingerprint density at radius 3 is 2.91 bits per heavy atom.